The summed E-state index contributed by atoms with van der Waals surface area (Å²) in [6.45, 7) is 3.67. The molecule has 1 unspecified atom stereocenters. The maximum Gasteiger partial charge on any atom is 0.262 e. The largest absolute Gasteiger partial charge is 0.385 e. The van der Waals surface area contributed by atoms with E-state index >= 15 is 0 Å². The lowest BCUT2D eigenvalue weighted by molar-refractivity contribution is -0.117. The van der Waals surface area contributed by atoms with E-state index in [4.69, 9.17) is 9.72 Å². The van der Waals surface area contributed by atoms with Gasteiger partial charge in [0.25, 0.3) is 5.56 Å². The third kappa shape index (κ3) is 4.52. The summed E-state index contributed by atoms with van der Waals surface area (Å²) in [5.41, 5.74) is 2.78. The number of fused-ring (bicyclic) bond motifs is 2. The van der Waals surface area contributed by atoms with Crippen molar-refractivity contribution in [1.82, 2.24) is 9.55 Å². The Morgan fingerprint density at radius 3 is 2.81 bits per heavy atom. The van der Waals surface area contributed by atoms with Crippen LogP contribution in [0.1, 0.15) is 25.3 Å². The molecule has 1 aliphatic rings. The van der Waals surface area contributed by atoms with E-state index in [-0.39, 0.29) is 16.7 Å². The average Bonchev–Trinajstić information content (AvgIpc) is 2.80. The first-order valence-corrected chi connectivity index (χ1v) is 11.5. The number of methoxy groups -OCH3 is 1. The molecule has 6 nitrogen and oxygen atoms in total. The van der Waals surface area contributed by atoms with Gasteiger partial charge in [-0.25, -0.2) is 4.98 Å². The molecule has 3 aromatic rings. The number of anilines is 1. The Hall–Kier alpha value is -2.64. The van der Waals surface area contributed by atoms with E-state index in [1.165, 1.54) is 17.3 Å². The minimum absolute atomic E-state index is 0.0444. The molecule has 4 rings (SSSR count). The predicted octanol–water partition coefficient (Wildman–Crippen LogP) is 3.89. The summed E-state index contributed by atoms with van der Waals surface area (Å²) in [4.78, 5) is 33.1. The molecule has 1 aromatic heterocycles. The fraction of sp³-hybridized carbons (Fsp3) is 0.375. The van der Waals surface area contributed by atoms with E-state index in [1.807, 2.05) is 48.2 Å². The highest BCUT2D eigenvalue weighted by molar-refractivity contribution is 8.00. The van der Waals surface area contributed by atoms with Crippen molar-refractivity contribution in [3.63, 3.8) is 0 Å². The first-order chi connectivity index (χ1) is 15.1. The highest BCUT2D eigenvalue weighted by atomic mass is 32.2. The van der Waals surface area contributed by atoms with Gasteiger partial charge in [-0.3, -0.25) is 14.2 Å². The minimum Gasteiger partial charge on any atom is -0.385 e. The summed E-state index contributed by atoms with van der Waals surface area (Å²) < 4.78 is 6.84. The van der Waals surface area contributed by atoms with Gasteiger partial charge < -0.3 is 9.64 Å². The molecular formula is C24H27N3O3S. The number of carbonyl (C=O) groups is 1. The van der Waals surface area contributed by atoms with E-state index in [1.54, 1.807) is 17.7 Å². The Morgan fingerprint density at radius 1 is 1.19 bits per heavy atom. The van der Waals surface area contributed by atoms with E-state index < -0.39 is 0 Å². The smallest absolute Gasteiger partial charge is 0.262 e. The van der Waals surface area contributed by atoms with Crippen LogP contribution in [-0.2, 0) is 22.5 Å². The van der Waals surface area contributed by atoms with Crippen LogP contribution in [0.3, 0.4) is 0 Å². The van der Waals surface area contributed by atoms with Crippen LogP contribution in [0.5, 0.6) is 0 Å². The number of para-hydroxylation sites is 2. The van der Waals surface area contributed by atoms with Crippen LogP contribution < -0.4 is 10.5 Å². The molecule has 0 bridgehead atoms. The molecule has 2 heterocycles. The summed E-state index contributed by atoms with van der Waals surface area (Å²) >= 11 is 1.35. The number of aromatic nitrogens is 2. The van der Waals surface area contributed by atoms with E-state index in [9.17, 15) is 9.59 Å². The third-order valence-electron chi connectivity index (χ3n) is 5.56. The first kappa shape index (κ1) is 21.6. The second kappa shape index (κ2) is 9.66. The zero-order chi connectivity index (χ0) is 21.8. The number of benzene rings is 2. The summed E-state index contributed by atoms with van der Waals surface area (Å²) in [7, 11) is 1.65. The van der Waals surface area contributed by atoms with Gasteiger partial charge in [0.1, 0.15) is 0 Å². The van der Waals surface area contributed by atoms with Crippen molar-refractivity contribution >= 4 is 34.3 Å². The summed E-state index contributed by atoms with van der Waals surface area (Å²) in [6, 6.07) is 15.4. The SMILES string of the molecule is COCCCn1c(SC(C)C(=O)N2CCCc3ccccc32)nc2ccccc2c1=O. The first-order valence-electron chi connectivity index (χ1n) is 10.6. The zero-order valence-corrected chi connectivity index (χ0v) is 18.7. The summed E-state index contributed by atoms with van der Waals surface area (Å²) in [6.07, 6.45) is 2.65. The van der Waals surface area contributed by atoms with Gasteiger partial charge in [-0.15, -0.1) is 0 Å². The molecule has 1 atom stereocenters. The van der Waals surface area contributed by atoms with Gasteiger partial charge >= 0.3 is 0 Å². The maximum absolute atomic E-state index is 13.4. The van der Waals surface area contributed by atoms with Crippen LogP contribution in [0.25, 0.3) is 10.9 Å². The Morgan fingerprint density at radius 2 is 1.97 bits per heavy atom. The molecule has 0 N–H and O–H groups in total. The van der Waals surface area contributed by atoms with Crippen molar-refractivity contribution in [2.45, 2.75) is 43.1 Å². The molecule has 0 saturated heterocycles. The van der Waals surface area contributed by atoms with Crippen LogP contribution in [-0.4, -0.2) is 41.0 Å². The molecular weight excluding hydrogens is 410 g/mol. The van der Waals surface area contributed by atoms with E-state index in [0.29, 0.717) is 42.2 Å². The molecule has 1 amide bonds. The number of carbonyl (C=O) groups excluding carboxylic acids is 1. The van der Waals surface area contributed by atoms with E-state index in [0.717, 1.165) is 18.5 Å². The van der Waals surface area contributed by atoms with Gasteiger partial charge in [-0.05, 0) is 49.9 Å². The summed E-state index contributed by atoms with van der Waals surface area (Å²) in [5, 5.41) is 0.798. The quantitative estimate of drug-likeness (QED) is 0.319. The second-order valence-electron chi connectivity index (χ2n) is 7.70. The molecule has 0 radical (unpaired) electrons. The molecule has 7 heteroatoms. The monoisotopic (exact) mass is 437 g/mol. The lowest BCUT2D eigenvalue weighted by Gasteiger charge is -2.31. The molecule has 2 aromatic carbocycles. The van der Waals surface area contributed by atoms with Crippen molar-refractivity contribution in [3.05, 3.63) is 64.4 Å². The van der Waals surface area contributed by atoms with Gasteiger partial charge in [0.15, 0.2) is 5.16 Å². The number of rotatable bonds is 7. The molecule has 0 aliphatic carbocycles. The van der Waals surface area contributed by atoms with Crippen molar-refractivity contribution in [2.24, 2.45) is 0 Å². The fourth-order valence-corrected chi connectivity index (χ4v) is 4.99. The molecule has 1 aliphatic heterocycles. The number of hydrogen-bond donors (Lipinski definition) is 0. The van der Waals surface area contributed by atoms with E-state index in [2.05, 4.69) is 6.07 Å². The topological polar surface area (TPSA) is 64.4 Å². The molecule has 162 valence electrons. The van der Waals surface area contributed by atoms with Crippen LogP contribution >= 0.6 is 11.8 Å². The number of nitrogens with zero attached hydrogens (tertiary/aromatic N) is 3. The number of hydrogen-bond acceptors (Lipinski definition) is 5. The average molecular weight is 438 g/mol. The minimum atomic E-state index is -0.368. The van der Waals surface area contributed by atoms with Gasteiger partial charge in [0.05, 0.1) is 16.2 Å². The molecule has 0 fully saturated rings. The number of aryl methyl sites for hydroxylation is 1. The van der Waals surface area contributed by atoms with Crippen LogP contribution in [0.15, 0.2) is 58.5 Å². The Labute approximate surface area is 186 Å². The zero-order valence-electron chi connectivity index (χ0n) is 17.9. The van der Waals surface area contributed by atoms with Crippen molar-refractivity contribution < 1.29 is 9.53 Å². The fourth-order valence-electron chi connectivity index (χ4n) is 3.99. The Balaban J connectivity index is 1.63. The van der Waals surface area contributed by atoms with Gasteiger partial charge in [0, 0.05) is 32.5 Å². The lowest BCUT2D eigenvalue weighted by Crippen LogP contribution is -2.40. The van der Waals surface area contributed by atoms with Gasteiger partial charge in [0.2, 0.25) is 5.91 Å². The van der Waals surface area contributed by atoms with Crippen LogP contribution in [0.4, 0.5) is 5.69 Å². The number of thioether (sulfide) groups is 1. The third-order valence-corrected chi connectivity index (χ3v) is 6.64. The number of ether oxygens (including phenoxy) is 1. The normalized spacial score (nSPS) is 14.5. The van der Waals surface area contributed by atoms with Crippen molar-refractivity contribution in [1.29, 1.82) is 0 Å². The van der Waals surface area contributed by atoms with Crippen molar-refractivity contribution in [3.8, 4) is 0 Å². The van der Waals surface area contributed by atoms with Crippen LogP contribution in [0.2, 0.25) is 0 Å². The molecule has 31 heavy (non-hydrogen) atoms. The standard InChI is InChI=1S/C24H27N3O3S/c1-17(22(28)26-14-7-10-18-9-3-6-13-21(18)26)31-24-25-20-12-5-4-11-19(20)23(29)27(24)15-8-16-30-2/h3-6,9,11-13,17H,7-8,10,14-16H2,1-2H3. The Bertz CT molecular complexity index is 1140. The maximum atomic E-state index is 13.4. The van der Waals surface area contributed by atoms with Gasteiger partial charge in [-0.1, -0.05) is 42.1 Å². The van der Waals surface area contributed by atoms with Crippen LogP contribution in [0, 0.1) is 0 Å². The summed E-state index contributed by atoms with van der Waals surface area (Å²) in [5.74, 6) is 0.0444. The molecule has 0 saturated carbocycles. The molecule has 0 spiro atoms. The Kier molecular flexibility index (Phi) is 6.73. The van der Waals surface area contributed by atoms with Gasteiger partial charge in [-0.2, -0.15) is 0 Å². The second-order valence-corrected chi connectivity index (χ2v) is 9.00. The van der Waals surface area contributed by atoms with Crippen molar-refractivity contribution in [2.75, 3.05) is 25.2 Å². The highest BCUT2D eigenvalue weighted by Gasteiger charge is 2.28. The highest BCUT2D eigenvalue weighted by Crippen LogP contribution is 2.30. The number of amides is 1. The lowest BCUT2D eigenvalue weighted by atomic mass is 10.0. The predicted molar refractivity (Wildman–Crippen MR) is 125 cm³/mol.